The van der Waals surface area contributed by atoms with Gasteiger partial charge in [-0.05, 0) is 36.5 Å². The number of nitrogens with zero attached hydrogens (tertiary/aromatic N) is 2. The van der Waals surface area contributed by atoms with E-state index in [0.29, 0.717) is 18.7 Å². The van der Waals surface area contributed by atoms with Crippen molar-refractivity contribution in [3.05, 3.63) is 76.6 Å². The van der Waals surface area contributed by atoms with E-state index in [1.165, 1.54) is 5.56 Å². The SMILES string of the molecule is Cc1c(C(=O)NCc2ccc(Cn3ccnc3)cc2)[nH]c2c1C(=O)CCC2. The molecule has 1 aliphatic carbocycles. The number of ketones is 1. The summed E-state index contributed by atoms with van der Waals surface area (Å²) in [4.78, 5) is 31.9. The Balaban J connectivity index is 1.40. The van der Waals surface area contributed by atoms with Gasteiger partial charge < -0.3 is 14.9 Å². The molecule has 0 spiro atoms. The number of hydrogen-bond acceptors (Lipinski definition) is 3. The molecule has 0 fully saturated rings. The van der Waals surface area contributed by atoms with E-state index in [1.807, 2.05) is 29.8 Å². The van der Waals surface area contributed by atoms with Crippen molar-refractivity contribution in [2.75, 3.05) is 0 Å². The molecule has 0 atom stereocenters. The van der Waals surface area contributed by atoms with Crippen LogP contribution in [0.25, 0.3) is 0 Å². The lowest BCUT2D eigenvalue weighted by Gasteiger charge is -2.09. The minimum atomic E-state index is -0.169. The number of carbonyl (C=O) groups excluding carboxylic acids is 2. The standard InChI is InChI=1S/C21H22N4O2/c1-14-19-17(3-2-4-18(19)26)24-20(14)21(27)23-11-15-5-7-16(8-6-15)12-25-10-9-22-13-25/h5-10,13,24H,2-4,11-12H2,1H3,(H,23,27). The highest BCUT2D eigenvalue weighted by Crippen LogP contribution is 2.26. The molecule has 0 aliphatic heterocycles. The van der Waals surface area contributed by atoms with Crippen molar-refractivity contribution in [3.8, 4) is 0 Å². The summed E-state index contributed by atoms with van der Waals surface area (Å²) < 4.78 is 2.01. The molecular weight excluding hydrogens is 340 g/mol. The molecule has 138 valence electrons. The van der Waals surface area contributed by atoms with Gasteiger partial charge in [-0.3, -0.25) is 9.59 Å². The molecule has 3 aromatic rings. The van der Waals surface area contributed by atoms with Crippen LogP contribution in [0.5, 0.6) is 0 Å². The zero-order valence-electron chi connectivity index (χ0n) is 15.3. The summed E-state index contributed by atoms with van der Waals surface area (Å²) in [6, 6.07) is 8.14. The predicted octanol–water partition coefficient (Wildman–Crippen LogP) is 3.02. The van der Waals surface area contributed by atoms with E-state index in [2.05, 4.69) is 27.4 Å². The van der Waals surface area contributed by atoms with Gasteiger partial charge in [0.05, 0.1) is 6.33 Å². The molecular formula is C21H22N4O2. The van der Waals surface area contributed by atoms with E-state index in [-0.39, 0.29) is 11.7 Å². The lowest BCUT2D eigenvalue weighted by molar-refractivity contribution is 0.0945. The third-order valence-electron chi connectivity index (χ3n) is 5.06. The Morgan fingerprint density at radius 3 is 2.70 bits per heavy atom. The zero-order valence-corrected chi connectivity index (χ0v) is 15.3. The summed E-state index contributed by atoms with van der Waals surface area (Å²) in [6.45, 7) is 3.06. The largest absolute Gasteiger partial charge is 0.354 e. The van der Waals surface area contributed by atoms with Gasteiger partial charge in [0, 0.05) is 43.2 Å². The van der Waals surface area contributed by atoms with E-state index < -0.39 is 0 Å². The van der Waals surface area contributed by atoms with Crippen LogP contribution in [0.3, 0.4) is 0 Å². The molecule has 0 saturated carbocycles. The Kier molecular flexibility index (Phi) is 4.62. The van der Waals surface area contributed by atoms with Crippen LogP contribution in [0.2, 0.25) is 0 Å². The van der Waals surface area contributed by atoms with Gasteiger partial charge in [-0.2, -0.15) is 0 Å². The second-order valence-corrected chi connectivity index (χ2v) is 6.99. The second kappa shape index (κ2) is 7.23. The zero-order chi connectivity index (χ0) is 18.8. The maximum absolute atomic E-state index is 12.6. The van der Waals surface area contributed by atoms with Crippen LogP contribution < -0.4 is 5.32 Å². The van der Waals surface area contributed by atoms with Gasteiger partial charge >= 0.3 is 0 Å². The fraction of sp³-hybridized carbons (Fsp3) is 0.286. The Hall–Kier alpha value is -3.15. The molecule has 6 nitrogen and oxygen atoms in total. The number of aromatic nitrogens is 3. The first-order chi connectivity index (χ1) is 13.1. The number of hydrogen-bond donors (Lipinski definition) is 2. The van der Waals surface area contributed by atoms with Crippen LogP contribution in [0.1, 0.15) is 56.1 Å². The third-order valence-corrected chi connectivity index (χ3v) is 5.06. The first-order valence-corrected chi connectivity index (χ1v) is 9.18. The van der Waals surface area contributed by atoms with Gasteiger partial charge in [0.25, 0.3) is 5.91 Å². The number of amides is 1. The predicted molar refractivity (Wildman–Crippen MR) is 102 cm³/mol. The Labute approximate surface area is 157 Å². The van der Waals surface area contributed by atoms with Gasteiger partial charge in [-0.15, -0.1) is 0 Å². The molecule has 1 amide bonds. The number of aromatic amines is 1. The Bertz CT molecular complexity index is 969. The van der Waals surface area contributed by atoms with Crippen molar-refractivity contribution in [1.29, 1.82) is 0 Å². The number of nitrogens with one attached hydrogen (secondary N) is 2. The average molecular weight is 362 g/mol. The number of aryl methyl sites for hydroxylation is 1. The van der Waals surface area contributed by atoms with Crippen molar-refractivity contribution >= 4 is 11.7 Å². The molecule has 2 heterocycles. The quantitative estimate of drug-likeness (QED) is 0.732. The first-order valence-electron chi connectivity index (χ1n) is 9.18. The van der Waals surface area contributed by atoms with Crippen LogP contribution in [0, 0.1) is 6.92 Å². The van der Waals surface area contributed by atoms with E-state index >= 15 is 0 Å². The molecule has 0 radical (unpaired) electrons. The summed E-state index contributed by atoms with van der Waals surface area (Å²) in [5.74, 6) is -0.0327. The number of rotatable bonds is 5. The van der Waals surface area contributed by atoms with Crippen LogP contribution in [0.4, 0.5) is 0 Å². The molecule has 0 unspecified atom stereocenters. The summed E-state index contributed by atoms with van der Waals surface area (Å²) in [5.41, 5.74) is 5.10. The van der Waals surface area contributed by atoms with E-state index in [4.69, 9.17) is 0 Å². The monoisotopic (exact) mass is 362 g/mol. The van der Waals surface area contributed by atoms with Crippen LogP contribution in [-0.2, 0) is 19.5 Å². The number of carbonyl (C=O) groups is 2. The van der Waals surface area contributed by atoms with Gasteiger partial charge in [0.1, 0.15) is 5.69 Å². The second-order valence-electron chi connectivity index (χ2n) is 6.99. The Morgan fingerprint density at radius 1 is 1.22 bits per heavy atom. The van der Waals surface area contributed by atoms with Gasteiger partial charge in [-0.25, -0.2) is 4.98 Å². The molecule has 2 aromatic heterocycles. The van der Waals surface area contributed by atoms with E-state index in [1.54, 1.807) is 12.5 Å². The molecule has 4 rings (SSSR count). The first kappa shape index (κ1) is 17.3. The van der Waals surface area contributed by atoms with Crippen molar-refractivity contribution in [1.82, 2.24) is 19.9 Å². The maximum atomic E-state index is 12.6. The van der Waals surface area contributed by atoms with E-state index in [0.717, 1.165) is 41.8 Å². The van der Waals surface area contributed by atoms with Crippen LogP contribution in [0.15, 0.2) is 43.0 Å². The minimum absolute atomic E-state index is 0.137. The van der Waals surface area contributed by atoms with Gasteiger partial charge in [0.15, 0.2) is 5.78 Å². The summed E-state index contributed by atoms with van der Waals surface area (Å²) >= 11 is 0. The number of imidazole rings is 1. The molecule has 0 saturated heterocycles. The molecule has 1 aromatic carbocycles. The summed E-state index contributed by atoms with van der Waals surface area (Å²) in [7, 11) is 0. The normalized spacial score (nSPS) is 13.4. The molecule has 2 N–H and O–H groups in total. The smallest absolute Gasteiger partial charge is 0.268 e. The van der Waals surface area contributed by atoms with Crippen molar-refractivity contribution in [2.24, 2.45) is 0 Å². The van der Waals surface area contributed by atoms with Crippen molar-refractivity contribution < 1.29 is 9.59 Å². The fourth-order valence-corrected chi connectivity index (χ4v) is 3.63. The van der Waals surface area contributed by atoms with Gasteiger partial charge in [-0.1, -0.05) is 24.3 Å². The lowest BCUT2D eigenvalue weighted by Crippen LogP contribution is -2.24. The summed E-state index contributed by atoms with van der Waals surface area (Å²) in [6.07, 6.45) is 7.72. The number of H-pyrrole nitrogens is 1. The Morgan fingerprint density at radius 2 is 2.00 bits per heavy atom. The molecule has 6 heteroatoms. The van der Waals surface area contributed by atoms with Crippen LogP contribution in [-0.4, -0.2) is 26.2 Å². The lowest BCUT2D eigenvalue weighted by atomic mass is 9.94. The molecule has 1 aliphatic rings. The fourth-order valence-electron chi connectivity index (χ4n) is 3.63. The van der Waals surface area contributed by atoms with Crippen molar-refractivity contribution in [3.63, 3.8) is 0 Å². The highest BCUT2D eigenvalue weighted by Gasteiger charge is 2.26. The molecule has 0 bridgehead atoms. The van der Waals surface area contributed by atoms with Gasteiger partial charge in [0.2, 0.25) is 0 Å². The maximum Gasteiger partial charge on any atom is 0.268 e. The average Bonchev–Trinajstić information content (AvgIpc) is 3.29. The number of benzene rings is 1. The number of fused-ring (bicyclic) bond motifs is 1. The van der Waals surface area contributed by atoms with Crippen LogP contribution >= 0.6 is 0 Å². The topological polar surface area (TPSA) is 79.8 Å². The summed E-state index contributed by atoms with van der Waals surface area (Å²) in [5, 5.41) is 2.95. The van der Waals surface area contributed by atoms with E-state index in [9.17, 15) is 9.59 Å². The number of Topliss-reactive ketones (excluding diaryl/α,β-unsaturated/α-hetero) is 1. The highest BCUT2D eigenvalue weighted by molar-refractivity contribution is 6.04. The third kappa shape index (κ3) is 3.56. The minimum Gasteiger partial charge on any atom is -0.354 e. The van der Waals surface area contributed by atoms with Crippen molar-refractivity contribution in [2.45, 2.75) is 39.3 Å². The highest BCUT2D eigenvalue weighted by atomic mass is 16.2. The molecule has 27 heavy (non-hydrogen) atoms.